The van der Waals surface area contributed by atoms with E-state index < -0.39 is 0 Å². The Labute approximate surface area is 172 Å². The number of likely N-dealkylation sites (N-methyl/N-ethyl adjacent to an activating group) is 1. The van der Waals surface area contributed by atoms with Crippen LogP contribution >= 0.6 is 0 Å². The van der Waals surface area contributed by atoms with E-state index in [2.05, 4.69) is 40.8 Å². The van der Waals surface area contributed by atoms with Gasteiger partial charge in [-0.3, -0.25) is 9.69 Å². The van der Waals surface area contributed by atoms with Gasteiger partial charge in [0.05, 0.1) is 0 Å². The van der Waals surface area contributed by atoms with Crippen molar-refractivity contribution in [3.8, 4) is 5.75 Å². The molecule has 1 aliphatic heterocycles. The van der Waals surface area contributed by atoms with Crippen molar-refractivity contribution in [1.82, 2.24) is 15.0 Å². The lowest BCUT2D eigenvalue weighted by atomic mass is 10.0. The summed E-state index contributed by atoms with van der Waals surface area (Å²) in [6, 6.07) is 8.36. The molecule has 1 aromatic carbocycles. The number of piperidine rings is 1. The molecular formula is C21H32N4O4. The lowest BCUT2D eigenvalue weighted by molar-refractivity contribution is 0.112. The number of benzene rings is 1. The molecule has 0 atom stereocenters. The van der Waals surface area contributed by atoms with E-state index in [4.69, 9.17) is 14.4 Å². The molecule has 0 aliphatic carbocycles. The van der Waals surface area contributed by atoms with Crippen LogP contribution in [0.4, 0.5) is 6.01 Å². The monoisotopic (exact) mass is 404 g/mol. The van der Waals surface area contributed by atoms with Crippen molar-refractivity contribution in [2.75, 3.05) is 45.3 Å². The Hall–Kier alpha value is -2.45. The first kappa shape index (κ1) is 22.8. The number of carbonyl (C=O) groups excluding carboxylic acids is 1. The van der Waals surface area contributed by atoms with E-state index in [9.17, 15) is 4.79 Å². The summed E-state index contributed by atoms with van der Waals surface area (Å²) in [6.07, 6.45) is 2.95. The lowest BCUT2D eigenvalue weighted by Crippen LogP contribution is -2.44. The van der Waals surface area contributed by atoms with Crippen molar-refractivity contribution in [1.29, 1.82) is 0 Å². The number of rotatable bonds is 8. The van der Waals surface area contributed by atoms with Crippen molar-refractivity contribution in [2.45, 2.75) is 38.6 Å². The van der Waals surface area contributed by atoms with Gasteiger partial charge in [-0.2, -0.15) is 4.98 Å². The molecule has 3 rings (SSSR count). The first-order valence-corrected chi connectivity index (χ1v) is 9.98. The van der Waals surface area contributed by atoms with Crippen molar-refractivity contribution >= 4 is 12.3 Å². The molecule has 2 aromatic rings. The number of nitrogens with zero attached hydrogens (tertiary/aromatic N) is 4. The molecule has 1 saturated heterocycles. The normalized spacial score (nSPS) is 14.7. The minimum Gasteiger partial charge on any atom is -0.492 e. The highest BCUT2D eigenvalue weighted by Gasteiger charge is 2.25. The Morgan fingerprint density at radius 1 is 1.28 bits per heavy atom. The quantitative estimate of drug-likeness (QED) is 0.671. The summed E-state index contributed by atoms with van der Waals surface area (Å²) in [5, 5.41) is 11.1. The zero-order chi connectivity index (χ0) is 21.2. The largest absolute Gasteiger partial charge is 0.492 e. The van der Waals surface area contributed by atoms with E-state index in [-0.39, 0.29) is 5.92 Å². The Balaban J connectivity index is 0.00000145. The summed E-state index contributed by atoms with van der Waals surface area (Å²) in [5.41, 5.74) is 0.660. The van der Waals surface area contributed by atoms with Crippen LogP contribution in [0.2, 0.25) is 0 Å². The maximum atomic E-state index is 10.7. The minimum absolute atomic E-state index is 0.279. The molecule has 0 amide bonds. The van der Waals surface area contributed by atoms with Gasteiger partial charge >= 0.3 is 6.01 Å². The zero-order valence-electron chi connectivity index (χ0n) is 17.7. The number of aromatic nitrogens is 2. The van der Waals surface area contributed by atoms with Crippen LogP contribution in [0.5, 0.6) is 5.75 Å². The maximum absolute atomic E-state index is 10.7. The van der Waals surface area contributed by atoms with Crippen LogP contribution in [0.15, 0.2) is 28.8 Å². The molecule has 0 radical (unpaired) electrons. The smallest absolute Gasteiger partial charge is 0.324 e. The van der Waals surface area contributed by atoms with Crippen LogP contribution in [0.3, 0.4) is 0 Å². The molecule has 1 aliphatic rings. The number of aliphatic hydroxyl groups is 1. The molecule has 29 heavy (non-hydrogen) atoms. The van der Waals surface area contributed by atoms with Crippen LogP contribution < -0.4 is 9.64 Å². The first-order chi connectivity index (χ1) is 14.1. The third kappa shape index (κ3) is 6.54. The van der Waals surface area contributed by atoms with Gasteiger partial charge in [0.25, 0.3) is 0 Å². The van der Waals surface area contributed by atoms with Gasteiger partial charge in [0, 0.05) is 44.3 Å². The van der Waals surface area contributed by atoms with Gasteiger partial charge in [-0.1, -0.05) is 19.0 Å². The molecule has 1 fully saturated rings. The number of aliphatic hydroxyl groups excluding tert-OH is 1. The fraction of sp³-hybridized carbons (Fsp3) is 0.571. The van der Waals surface area contributed by atoms with E-state index >= 15 is 0 Å². The number of anilines is 1. The molecule has 8 heteroatoms. The molecule has 0 bridgehead atoms. The molecule has 1 N–H and O–H groups in total. The third-order valence-corrected chi connectivity index (χ3v) is 5.03. The number of hydrogen-bond acceptors (Lipinski definition) is 8. The molecule has 0 unspecified atom stereocenters. The van der Waals surface area contributed by atoms with Gasteiger partial charge in [0.15, 0.2) is 5.82 Å². The number of carbonyl (C=O) groups is 1. The van der Waals surface area contributed by atoms with E-state index in [0.29, 0.717) is 24.2 Å². The van der Waals surface area contributed by atoms with E-state index in [0.717, 1.165) is 57.4 Å². The second-order valence-electron chi connectivity index (χ2n) is 7.32. The van der Waals surface area contributed by atoms with E-state index in [1.165, 1.54) is 0 Å². The molecule has 8 nitrogen and oxygen atoms in total. The first-order valence-electron chi connectivity index (χ1n) is 9.98. The maximum Gasteiger partial charge on any atom is 0.324 e. The number of ether oxygens (including phenoxy) is 1. The summed E-state index contributed by atoms with van der Waals surface area (Å²) >= 11 is 0. The van der Waals surface area contributed by atoms with Crippen LogP contribution in [-0.2, 0) is 0 Å². The van der Waals surface area contributed by atoms with Gasteiger partial charge < -0.3 is 19.3 Å². The van der Waals surface area contributed by atoms with Gasteiger partial charge in [0.2, 0.25) is 0 Å². The van der Waals surface area contributed by atoms with Crippen molar-refractivity contribution in [3.63, 3.8) is 0 Å². The van der Waals surface area contributed by atoms with Gasteiger partial charge in [-0.15, -0.1) is 0 Å². The Morgan fingerprint density at radius 2 is 1.93 bits per heavy atom. The Morgan fingerprint density at radius 3 is 2.48 bits per heavy atom. The average molecular weight is 405 g/mol. The summed E-state index contributed by atoms with van der Waals surface area (Å²) in [6.45, 7) is 7.45. The van der Waals surface area contributed by atoms with E-state index in [1.807, 2.05) is 12.1 Å². The molecular weight excluding hydrogens is 372 g/mol. The molecule has 0 spiro atoms. The molecule has 0 saturated carbocycles. The van der Waals surface area contributed by atoms with Gasteiger partial charge in [-0.05, 0) is 44.2 Å². The van der Waals surface area contributed by atoms with E-state index in [1.54, 1.807) is 12.1 Å². The van der Waals surface area contributed by atoms with Crippen LogP contribution in [0.25, 0.3) is 0 Å². The Kier molecular flexibility index (Phi) is 9.08. The summed E-state index contributed by atoms with van der Waals surface area (Å²) in [4.78, 5) is 19.7. The summed E-state index contributed by atoms with van der Waals surface area (Å²) < 4.78 is 11.2. The number of aldehydes is 1. The van der Waals surface area contributed by atoms with Crippen LogP contribution in [0, 0.1) is 0 Å². The molecule has 1 aromatic heterocycles. The average Bonchev–Trinajstić information content (AvgIpc) is 3.26. The van der Waals surface area contributed by atoms with Crippen LogP contribution in [-0.4, -0.2) is 72.9 Å². The van der Waals surface area contributed by atoms with Crippen LogP contribution in [0.1, 0.15) is 48.8 Å². The molecule has 2 heterocycles. The highest BCUT2D eigenvalue weighted by molar-refractivity contribution is 5.74. The SMILES string of the molecule is CC(C)c1noc(N2CCC(N(C)CCOc3ccc(C=O)cc3)CC2)n1.CO. The Bertz CT molecular complexity index is 725. The minimum atomic E-state index is 0.279. The standard InChI is InChI=1S/C20H28N4O3.CH4O/c1-15(2)19-21-20(27-22-19)24-10-8-17(9-11-24)23(3)12-13-26-18-6-4-16(14-25)5-7-18;1-2/h4-7,14-15,17H,8-13H2,1-3H3;2H,1H3. The number of hydrogen-bond donors (Lipinski definition) is 1. The fourth-order valence-electron chi connectivity index (χ4n) is 3.22. The topological polar surface area (TPSA) is 91.9 Å². The van der Waals surface area contributed by atoms with Crippen molar-refractivity contribution in [3.05, 3.63) is 35.7 Å². The van der Waals surface area contributed by atoms with Crippen molar-refractivity contribution < 1.29 is 19.2 Å². The zero-order valence-corrected chi connectivity index (χ0v) is 17.7. The second kappa shape index (κ2) is 11.5. The predicted octanol–water partition coefficient (Wildman–Crippen LogP) is 2.59. The predicted molar refractivity (Wildman–Crippen MR) is 112 cm³/mol. The van der Waals surface area contributed by atoms with Crippen molar-refractivity contribution in [2.24, 2.45) is 0 Å². The fourth-order valence-corrected chi connectivity index (χ4v) is 3.22. The van der Waals surface area contributed by atoms with Gasteiger partial charge in [0.1, 0.15) is 18.6 Å². The highest BCUT2D eigenvalue weighted by Crippen LogP contribution is 2.22. The highest BCUT2D eigenvalue weighted by atomic mass is 16.5. The van der Waals surface area contributed by atoms with Gasteiger partial charge in [-0.25, -0.2) is 0 Å². The summed E-state index contributed by atoms with van der Waals surface area (Å²) in [7, 11) is 3.14. The third-order valence-electron chi connectivity index (χ3n) is 5.03. The molecule has 160 valence electrons. The lowest BCUT2D eigenvalue weighted by Gasteiger charge is -2.35. The summed E-state index contributed by atoms with van der Waals surface area (Å²) in [5.74, 6) is 1.84. The second-order valence-corrected chi connectivity index (χ2v) is 7.32.